The Kier molecular flexibility index (Phi) is 8.18. The van der Waals surface area contributed by atoms with Crippen LogP contribution in [0.25, 0.3) is 38.8 Å². The maximum absolute atomic E-state index is 4.89. The number of hydrogen-bond donors (Lipinski definition) is 0. The molecule has 0 amide bonds. The van der Waals surface area contributed by atoms with Gasteiger partial charge in [0.15, 0.2) is 0 Å². The molecule has 0 bridgehead atoms. The Hall–Kier alpha value is -4.40. The van der Waals surface area contributed by atoms with Gasteiger partial charge in [-0.25, -0.2) is 22.7 Å². The standard InChI is InChI=1S/C42H38N4.Pt/c1-29(2)44-28-45(39-20-11-10-19-38(39)44)34-16-12-15-32(26-34)42(3,4)33-21-22-36-35-17-8-9-18-37(35)46(40(36)27-33)41-25-31(23-24-43-41)30-13-6-5-7-14-30;/h5-11,13-15,17-25,29H,12,16,28H2,1-4H3;/q-2;+2. The number of para-hydroxylation sites is 3. The quantitative estimate of drug-likeness (QED) is 0.157. The first kappa shape index (κ1) is 31.2. The molecule has 4 nitrogen and oxygen atoms in total. The van der Waals surface area contributed by atoms with E-state index in [1.807, 2.05) is 6.20 Å². The molecule has 0 saturated carbocycles. The van der Waals surface area contributed by atoms with Crippen LogP contribution in [0.4, 0.5) is 11.4 Å². The number of allylic oxidation sites excluding steroid dienone is 4. The minimum atomic E-state index is -0.294. The van der Waals surface area contributed by atoms with Gasteiger partial charge in [0.05, 0.1) is 18.0 Å². The SMILES string of the molecule is CC(C)N1CN(C2=[C-]C(C(C)(C)c3[c-]c4c(cc3)c3ccccc3n4-c3cc(-c4ccccc4)ccn3)=CCC2)c2ccccc21.[Pt+2]. The van der Waals surface area contributed by atoms with Gasteiger partial charge in [-0.2, -0.15) is 23.8 Å². The summed E-state index contributed by atoms with van der Waals surface area (Å²) in [6.45, 7) is 10.0. The van der Waals surface area contributed by atoms with E-state index in [2.05, 4.69) is 163 Å². The fourth-order valence-corrected chi connectivity index (χ4v) is 7.14. The van der Waals surface area contributed by atoms with Gasteiger partial charge < -0.3 is 14.4 Å². The molecule has 0 spiro atoms. The zero-order chi connectivity index (χ0) is 31.4. The van der Waals surface area contributed by atoms with Crippen molar-refractivity contribution in [2.24, 2.45) is 0 Å². The summed E-state index contributed by atoms with van der Waals surface area (Å²) in [6, 6.07) is 41.0. The molecule has 3 heterocycles. The zero-order valence-electron chi connectivity index (χ0n) is 27.3. The van der Waals surface area contributed by atoms with E-state index in [1.165, 1.54) is 39.0 Å². The number of benzene rings is 4. The van der Waals surface area contributed by atoms with Gasteiger partial charge in [0, 0.05) is 17.8 Å². The molecular weight excluding hydrogens is 756 g/mol. The molecule has 4 aromatic carbocycles. The van der Waals surface area contributed by atoms with Gasteiger partial charge in [-0.15, -0.1) is 5.39 Å². The molecule has 2 aromatic heterocycles. The third kappa shape index (κ3) is 5.33. The largest absolute Gasteiger partial charge is 2.00 e. The van der Waals surface area contributed by atoms with Crippen LogP contribution in [0.2, 0.25) is 0 Å². The summed E-state index contributed by atoms with van der Waals surface area (Å²) in [7, 11) is 0. The number of hydrogen-bond acceptors (Lipinski definition) is 3. The molecule has 0 atom stereocenters. The van der Waals surface area contributed by atoms with Crippen LogP contribution in [0.1, 0.15) is 46.1 Å². The van der Waals surface area contributed by atoms with Crippen molar-refractivity contribution in [2.45, 2.75) is 52.0 Å². The van der Waals surface area contributed by atoms with Crippen LogP contribution in [0.15, 0.2) is 127 Å². The Labute approximate surface area is 292 Å². The molecular formula is C42H38N4Pt. The fourth-order valence-electron chi connectivity index (χ4n) is 7.14. The molecule has 236 valence electrons. The number of aromatic nitrogens is 2. The van der Waals surface area contributed by atoms with Crippen molar-refractivity contribution in [1.82, 2.24) is 9.55 Å². The molecule has 0 N–H and O–H groups in total. The van der Waals surface area contributed by atoms with Crippen molar-refractivity contribution in [3.63, 3.8) is 0 Å². The van der Waals surface area contributed by atoms with Gasteiger partial charge in [-0.1, -0.05) is 92.1 Å². The van der Waals surface area contributed by atoms with Gasteiger partial charge in [0.25, 0.3) is 0 Å². The monoisotopic (exact) mass is 793 g/mol. The molecule has 0 unspecified atom stereocenters. The average Bonchev–Trinajstić information content (AvgIpc) is 3.65. The Morgan fingerprint density at radius 3 is 2.34 bits per heavy atom. The van der Waals surface area contributed by atoms with Crippen molar-refractivity contribution in [3.05, 3.63) is 144 Å². The second kappa shape index (κ2) is 12.3. The van der Waals surface area contributed by atoms with Crippen LogP contribution in [0.3, 0.4) is 0 Å². The summed E-state index contributed by atoms with van der Waals surface area (Å²) in [5, 5.41) is 2.39. The van der Waals surface area contributed by atoms with Gasteiger partial charge in [-0.3, -0.25) is 0 Å². The summed E-state index contributed by atoms with van der Waals surface area (Å²) in [5.41, 5.74) is 10.4. The van der Waals surface area contributed by atoms with Crippen LogP contribution < -0.4 is 9.80 Å². The van der Waals surface area contributed by atoms with Gasteiger partial charge in [0.2, 0.25) is 0 Å². The molecule has 0 radical (unpaired) electrons. The number of pyridine rings is 1. The van der Waals surface area contributed by atoms with E-state index in [0.717, 1.165) is 47.5 Å². The second-order valence-corrected chi connectivity index (χ2v) is 13.2. The number of anilines is 2. The normalized spacial score (nSPS) is 14.7. The first-order valence-electron chi connectivity index (χ1n) is 16.3. The average molecular weight is 794 g/mol. The number of fused-ring (bicyclic) bond motifs is 4. The molecule has 0 fully saturated rings. The Morgan fingerprint density at radius 2 is 1.53 bits per heavy atom. The molecule has 1 aliphatic heterocycles. The molecule has 6 aromatic rings. The second-order valence-electron chi connectivity index (χ2n) is 13.2. The smallest absolute Gasteiger partial charge is 0.349 e. The molecule has 1 aliphatic carbocycles. The maximum Gasteiger partial charge on any atom is 2.00 e. The van der Waals surface area contributed by atoms with E-state index in [1.54, 1.807) is 0 Å². The Morgan fingerprint density at radius 1 is 0.787 bits per heavy atom. The van der Waals surface area contributed by atoms with Crippen LogP contribution in [-0.4, -0.2) is 22.3 Å². The Balaban J connectivity index is 0.00000351. The predicted molar refractivity (Wildman–Crippen MR) is 191 cm³/mol. The first-order valence-corrected chi connectivity index (χ1v) is 16.3. The molecule has 47 heavy (non-hydrogen) atoms. The van der Waals surface area contributed by atoms with Crippen LogP contribution in [0.5, 0.6) is 0 Å². The minimum absolute atomic E-state index is 0. The van der Waals surface area contributed by atoms with Crippen molar-refractivity contribution in [3.8, 4) is 16.9 Å². The van der Waals surface area contributed by atoms with Crippen LogP contribution in [0, 0.1) is 12.1 Å². The van der Waals surface area contributed by atoms with Crippen LogP contribution in [-0.2, 0) is 26.5 Å². The summed E-state index contributed by atoms with van der Waals surface area (Å²) in [5.74, 6) is 0.895. The Bertz CT molecular complexity index is 2150. The van der Waals surface area contributed by atoms with Crippen LogP contribution >= 0.6 is 0 Å². The molecule has 8 rings (SSSR count). The molecule has 0 saturated heterocycles. The molecule has 2 aliphatic rings. The summed E-state index contributed by atoms with van der Waals surface area (Å²) >= 11 is 0. The van der Waals surface area contributed by atoms with E-state index in [0.29, 0.717) is 6.04 Å². The summed E-state index contributed by atoms with van der Waals surface area (Å²) < 4.78 is 2.28. The first-order chi connectivity index (χ1) is 22.4. The number of rotatable bonds is 6. The van der Waals surface area contributed by atoms with Gasteiger partial charge in [0.1, 0.15) is 5.82 Å². The summed E-state index contributed by atoms with van der Waals surface area (Å²) in [6.07, 6.45) is 10.2. The minimum Gasteiger partial charge on any atom is -0.349 e. The topological polar surface area (TPSA) is 24.3 Å². The third-order valence-corrected chi connectivity index (χ3v) is 9.75. The third-order valence-electron chi connectivity index (χ3n) is 9.75. The van der Waals surface area contributed by atoms with E-state index >= 15 is 0 Å². The van der Waals surface area contributed by atoms with E-state index in [4.69, 9.17) is 4.98 Å². The molecule has 5 heteroatoms. The predicted octanol–water partition coefficient (Wildman–Crippen LogP) is 10.0. The van der Waals surface area contributed by atoms with E-state index in [-0.39, 0.29) is 26.5 Å². The van der Waals surface area contributed by atoms with Crippen molar-refractivity contribution in [1.29, 1.82) is 0 Å². The van der Waals surface area contributed by atoms with Crippen molar-refractivity contribution in [2.75, 3.05) is 16.5 Å². The van der Waals surface area contributed by atoms with E-state index in [9.17, 15) is 0 Å². The van der Waals surface area contributed by atoms with Crippen molar-refractivity contribution < 1.29 is 21.1 Å². The maximum atomic E-state index is 4.89. The zero-order valence-corrected chi connectivity index (χ0v) is 29.5. The van der Waals surface area contributed by atoms with Gasteiger partial charge >= 0.3 is 21.1 Å². The van der Waals surface area contributed by atoms with E-state index < -0.39 is 0 Å². The number of nitrogens with zero attached hydrogens (tertiary/aromatic N) is 4. The summed E-state index contributed by atoms with van der Waals surface area (Å²) in [4.78, 5) is 9.83. The van der Waals surface area contributed by atoms with Gasteiger partial charge in [-0.05, 0) is 72.5 Å². The van der Waals surface area contributed by atoms with Crippen molar-refractivity contribution >= 4 is 33.2 Å². The fraction of sp³-hybridized carbons (Fsp3) is 0.214.